The Hall–Kier alpha value is -1.58. The van der Waals surface area contributed by atoms with Crippen LogP contribution in [0.25, 0.3) is 0 Å². The van der Waals surface area contributed by atoms with Gasteiger partial charge in [-0.1, -0.05) is 6.07 Å². The average Bonchev–Trinajstić information content (AvgIpc) is 3.18. The minimum Gasteiger partial charge on any atom is -0.379 e. The monoisotopic (exact) mass is 246 g/mol. The maximum absolute atomic E-state index is 11.0. The van der Waals surface area contributed by atoms with Crippen molar-refractivity contribution in [2.75, 3.05) is 11.9 Å². The Balaban J connectivity index is 1.75. The normalized spacial score (nSPS) is 20.5. The first-order chi connectivity index (χ1) is 8.61. The van der Waals surface area contributed by atoms with Crippen molar-refractivity contribution in [3.05, 3.63) is 33.9 Å². The summed E-state index contributed by atoms with van der Waals surface area (Å²) in [6, 6.07) is 5.26. The highest BCUT2D eigenvalue weighted by molar-refractivity contribution is 5.62. The van der Waals surface area contributed by atoms with Gasteiger partial charge in [0.05, 0.1) is 4.92 Å². The molecule has 0 amide bonds. The molecule has 2 saturated carbocycles. The highest BCUT2D eigenvalue weighted by Crippen LogP contribution is 2.61. The Kier molecular flexibility index (Phi) is 2.54. The number of nitrogens with one attached hydrogen (secondary N) is 1. The van der Waals surface area contributed by atoms with Crippen LogP contribution in [0.3, 0.4) is 0 Å². The van der Waals surface area contributed by atoms with Crippen LogP contribution in [0.4, 0.5) is 11.4 Å². The molecule has 0 aliphatic heterocycles. The largest absolute Gasteiger partial charge is 0.379 e. The molecular weight excluding hydrogens is 228 g/mol. The molecule has 1 N–H and O–H groups in total. The van der Waals surface area contributed by atoms with Crippen molar-refractivity contribution in [1.82, 2.24) is 0 Å². The molecule has 0 saturated heterocycles. The van der Waals surface area contributed by atoms with E-state index in [1.807, 2.05) is 13.0 Å². The van der Waals surface area contributed by atoms with Gasteiger partial charge >= 0.3 is 0 Å². The lowest BCUT2D eigenvalue weighted by Crippen LogP contribution is -2.18. The number of rotatable bonds is 5. The van der Waals surface area contributed by atoms with Gasteiger partial charge in [-0.2, -0.15) is 0 Å². The fraction of sp³-hybridized carbons (Fsp3) is 0.571. The molecule has 0 unspecified atom stereocenters. The SMILES string of the molecule is Cc1ccc([N+](=O)[O-])c(NCC2(C3CC3)CC2)c1. The molecule has 2 aliphatic carbocycles. The number of benzene rings is 1. The van der Waals surface area contributed by atoms with Gasteiger partial charge in [0.25, 0.3) is 5.69 Å². The summed E-state index contributed by atoms with van der Waals surface area (Å²) in [4.78, 5) is 10.7. The minimum absolute atomic E-state index is 0.187. The third-order valence-electron chi connectivity index (χ3n) is 4.32. The molecule has 0 spiro atoms. The van der Waals surface area contributed by atoms with Crippen molar-refractivity contribution in [3.8, 4) is 0 Å². The van der Waals surface area contributed by atoms with E-state index in [2.05, 4.69) is 5.32 Å². The van der Waals surface area contributed by atoms with Crippen molar-refractivity contribution in [2.45, 2.75) is 32.6 Å². The average molecular weight is 246 g/mol. The second-order valence-electron chi connectivity index (χ2n) is 5.77. The van der Waals surface area contributed by atoms with Crippen LogP contribution >= 0.6 is 0 Å². The molecule has 0 aromatic heterocycles. The molecule has 1 aromatic rings. The van der Waals surface area contributed by atoms with E-state index in [1.165, 1.54) is 25.7 Å². The number of nitro groups is 1. The predicted octanol–water partition coefficient (Wildman–Crippen LogP) is 3.51. The Morgan fingerprint density at radius 2 is 2.17 bits per heavy atom. The van der Waals surface area contributed by atoms with E-state index in [0.29, 0.717) is 11.1 Å². The third kappa shape index (κ3) is 2.07. The summed E-state index contributed by atoms with van der Waals surface area (Å²) in [7, 11) is 0. The lowest BCUT2D eigenvalue weighted by Gasteiger charge is -2.16. The molecule has 2 fully saturated rings. The summed E-state index contributed by atoms with van der Waals surface area (Å²) in [5.74, 6) is 0.869. The van der Waals surface area contributed by atoms with E-state index in [4.69, 9.17) is 0 Å². The molecule has 0 radical (unpaired) electrons. The molecule has 0 bridgehead atoms. The van der Waals surface area contributed by atoms with E-state index >= 15 is 0 Å². The Labute approximate surface area is 107 Å². The molecule has 96 valence electrons. The topological polar surface area (TPSA) is 55.2 Å². The van der Waals surface area contributed by atoms with Gasteiger partial charge < -0.3 is 5.32 Å². The summed E-state index contributed by atoms with van der Waals surface area (Å²) >= 11 is 0. The summed E-state index contributed by atoms with van der Waals surface area (Å²) in [5, 5.41) is 14.3. The smallest absolute Gasteiger partial charge is 0.292 e. The molecule has 0 atom stereocenters. The molecule has 4 heteroatoms. The Morgan fingerprint density at radius 3 is 2.72 bits per heavy atom. The second-order valence-corrected chi connectivity index (χ2v) is 5.77. The van der Waals surface area contributed by atoms with E-state index in [1.54, 1.807) is 12.1 Å². The summed E-state index contributed by atoms with van der Waals surface area (Å²) in [6.45, 7) is 2.85. The molecule has 2 aliphatic rings. The molecule has 4 nitrogen and oxygen atoms in total. The van der Waals surface area contributed by atoms with E-state index in [0.717, 1.165) is 18.0 Å². The van der Waals surface area contributed by atoms with Gasteiger partial charge in [-0.05, 0) is 55.6 Å². The van der Waals surface area contributed by atoms with E-state index < -0.39 is 0 Å². The van der Waals surface area contributed by atoms with Crippen molar-refractivity contribution < 1.29 is 4.92 Å². The fourth-order valence-electron chi connectivity index (χ4n) is 2.81. The highest BCUT2D eigenvalue weighted by Gasteiger charge is 2.53. The Morgan fingerprint density at radius 1 is 1.44 bits per heavy atom. The maximum Gasteiger partial charge on any atom is 0.292 e. The van der Waals surface area contributed by atoms with Crippen molar-refractivity contribution in [2.24, 2.45) is 11.3 Å². The first-order valence-electron chi connectivity index (χ1n) is 6.60. The zero-order chi connectivity index (χ0) is 12.8. The van der Waals surface area contributed by atoms with Gasteiger partial charge in [0.1, 0.15) is 5.69 Å². The molecule has 0 heterocycles. The maximum atomic E-state index is 11.0. The number of nitrogens with zero attached hydrogens (tertiary/aromatic N) is 1. The summed E-state index contributed by atoms with van der Waals surface area (Å²) in [6.07, 6.45) is 5.25. The number of hydrogen-bond acceptors (Lipinski definition) is 3. The fourth-order valence-corrected chi connectivity index (χ4v) is 2.81. The van der Waals surface area contributed by atoms with Crippen LogP contribution in [-0.2, 0) is 0 Å². The summed E-state index contributed by atoms with van der Waals surface area (Å²) < 4.78 is 0. The second kappa shape index (κ2) is 3.97. The predicted molar refractivity (Wildman–Crippen MR) is 70.7 cm³/mol. The quantitative estimate of drug-likeness (QED) is 0.639. The zero-order valence-corrected chi connectivity index (χ0v) is 10.6. The number of aryl methyl sites for hydroxylation is 1. The van der Waals surface area contributed by atoms with Crippen LogP contribution in [0, 0.1) is 28.4 Å². The van der Waals surface area contributed by atoms with Gasteiger partial charge in [0.2, 0.25) is 0 Å². The number of nitro benzene ring substituents is 1. The highest BCUT2D eigenvalue weighted by atomic mass is 16.6. The minimum atomic E-state index is -0.307. The van der Waals surface area contributed by atoms with Gasteiger partial charge in [-0.15, -0.1) is 0 Å². The van der Waals surface area contributed by atoms with Crippen molar-refractivity contribution in [3.63, 3.8) is 0 Å². The first-order valence-corrected chi connectivity index (χ1v) is 6.60. The standard InChI is InChI=1S/C14H18N2O2/c1-10-2-5-13(16(17)18)12(8-10)15-9-14(6-7-14)11-3-4-11/h2,5,8,11,15H,3-4,6-7,9H2,1H3. The van der Waals surface area contributed by atoms with Crippen LogP contribution < -0.4 is 5.32 Å². The van der Waals surface area contributed by atoms with Crippen molar-refractivity contribution >= 4 is 11.4 Å². The van der Waals surface area contributed by atoms with Crippen LogP contribution in [0.15, 0.2) is 18.2 Å². The number of hydrogen-bond donors (Lipinski definition) is 1. The molecule has 1 aromatic carbocycles. The van der Waals surface area contributed by atoms with Gasteiger partial charge in [-0.25, -0.2) is 0 Å². The van der Waals surface area contributed by atoms with E-state index in [-0.39, 0.29) is 10.6 Å². The van der Waals surface area contributed by atoms with Crippen LogP contribution in [0.1, 0.15) is 31.2 Å². The lowest BCUT2D eigenvalue weighted by molar-refractivity contribution is -0.384. The summed E-state index contributed by atoms with van der Waals surface area (Å²) in [5.41, 5.74) is 2.37. The zero-order valence-electron chi connectivity index (χ0n) is 10.6. The number of anilines is 1. The third-order valence-corrected chi connectivity index (χ3v) is 4.32. The lowest BCUT2D eigenvalue weighted by atomic mass is 10.0. The van der Waals surface area contributed by atoms with Gasteiger partial charge in [0, 0.05) is 12.6 Å². The Bertz CT molecular complexity index is 491. The van der Waals surface area contributed by atoms with E-state index in [9.17, 15) is 10.1 Å². The molecular formula is C14H18N2O2. The van der Waals surface area contributed by atoms with Gasteiger partial charge in [0.15, 0.2) is 0 Å². The van der Waals surface area contributed by atoms with Crippen LogP contribution in [0.2, 0.25) is 0 Å². The van der Waals surface area contributed by atoms with Crippen LogP contribution in [-0.4, -0.2) is 11.5 Å². The first kappa shape index (κ1) is 11.5. The molecule has 18 heavy (non-hydrogen) atoms. The van der Waals surface area contributed by atoms with Crippen LogP contribution in [0.5, 0.6) is 0 Å². The van der Waals surface area contributed by atoms with Gasteiger partial charge in [-0.3, -0.25) is 10.1 Å². The molecule has 3 rings (SSSR count). The van der Waals surface area contributed by atoms with Crippen molar-refractivity contribution in [1.29, 1.82) is 0 Å².